The molecule has 0 fully saturated rings. The standard InChI is InChI=1S/C17H28FN3O2/c1-4-15(23-16-9-7-8-14(18)12-16)13-21-17(19-5-2)20-10-11-22-6-3/h7-9,12,15H,4-6,10-11,13H2,1-3H3,(H2,19,20,21). The maximum absolute atomic E-state index is 13.2. The minimum Gasteiger partial charge on any atom is -0.488 e. The van der Waals surface area contributed by atoms with Gasteiger partial charge in [-0.15, -0.1) is 0 Å². The van der Waals surface area contributed by atoms with Gasteiger partial charge in [-0.1, -0.05) is 13.0 Å². The van der Waals surface area contributed by atoms with Crippen molar-refractivity contribution in [3.05, 3.63) is 30.1 Å². The molecular weight excluding hydrogens is 297 g/mol. The average Bonchev–Trinajstić information content (AvgIpc) is 2.55. The molecule has 0 saturated heterocycles. The molecule has 0 radical (unpaired) electrons. The third kappa shape index (κ3) is 8.40. The van der Waals surface area contributed by atoms with Crippen LogP contribution < -0.4 is 15.4 Å². The smallest absolute Gasteiger partial charge is 0.191 e. The van der Waals surface area contributed by atoms with E-state index in [0.29, 0.717) is 32.1 Å². The van der Waals surface area contributed by atoms with E-state index in [2.05, 4.69) is 15.6 Å². The molecule has 0 aliphatic heterocycles. The Bertz CT molecular complexity index is 469. The fourth-order valence-electron chi connectivity index (χ4n) is 1.90. The van der Waals surface area contributed by atoms with Gasteiger partial charge >= 0.3 is 0 Å². The van der Waals surface area contributed by atoms with Gasteiger partial charge in [-0.3, -0.25) is 0 Å². The summed E-state index contributed by atoms with van der Waals surface area (Å²) in [5.74, 6) is 0.960. The van der Waals surface area contributed by atoms with Crippen molar-refractivity contribution in [1.29, 1.82) is 0 Å². The number of ether oxygens (including phenoxy) is 2. The molecule has 1 aromatic carbocycles. The number of benzene rings is 1. The van der Waals surface area contributed by atoms with Gasteiger partial charge in [0.1, 0.15) is 17.7 Å². The van der Waals surface area contributed by atoms with Crippen LogP contribution >= 0.6 is 0 Å². The van der Waals surface area contributed by atoms with Crippen molar-refractivity contribution in [2.45, 2.75) is 33.3 Å². The molecule has 1 unspecified atom stereocenters. The summed E-state index contributed by atoms with van der Waals surface area (Å²) in [6.45, 7) is 9.32. The van der Waals surface area contributed by atoms with Gasteiger partial charge in [-0.05, 0) is 32.4 Å². The van der Waals surface area contributed by atoms with Crippen LogP contribution in [0.2, 0.25) is 0 Å². The molecule has 0 spiro atoms. The molecule has 0 aliphatic rings. The lowest BCUT2D eigenvalue weighted by Gasteiger charge is -2.17. The molecular formula is C17H28FN3O2. The monoisotopic (exact) mass is 325 g/mol. The normalized spacial score (nSPS) is 12.8. The predicted molar refractivity (Wildman–Crippen MR) is 91.6 cm³/mol. The van der Waals surface area contributed by atoms with Crippen LogP contribution in [-0.2, 0) is 4.74 Å². The van der Waals surface area contributed by atoms with Crippen LogP contribution in [-0.4, -0.2) is 44.9 Å². The summed E-state index contributed by atoms with van der Waals surface area (Å²) in [4.78, 5) is 4.52. The second-order valence-electron chi connectivity index (χ2n) is 4.95. The van der Waals surface area contributed by atoms with Crippen molar-refractivity contribution < 1.29 is 13.9 Å². The Morgan fingerprint density at radius 2 is 2.09 bits per heavy atom. The zero-order valence-electron chi connectivity index (χ0n) is 14.3. The van der Waals surface area contributed by atoms with Crippen LogP contribution in [0.5, 0.6) is 5.75 Å². The van der Waals surface area contributed by atoms with Crippen LogP contribution in [0.3, 0.4) is 0 Å². The molecule has 6 heteroatoms. The molecule has 0 aromatic heterocycles. The van der Waals surface area contributed by atoms with Gasteiger partial charge in [0.25, 0.3) is 0 Å². The van der Waals surface area contributed by atoms with Crippen molar-refractivity contribution in [3.8, 4) is 5.75 Å². The quantitative estimate of drug-likeness (QED) is 0.394. The SMILES string of the molecule is CCNC(=NCC(CC)Oc1cccc(F)c1)NCCOCC. The second kappa shape index (κ2) is 11.7. The van der Waals surface area contributed by atoms with E-state index in [4.69, 9.17) is 9.47 Å². The highest BCUT2D eigenvalue weighted by Crippen LogP contribution is 2.15. The van der Waals surface area contributed by atoms with Crippen molar-refractivity contribution in [2.24, 2.45) is 4.99 Å². The van der Waals surface area contributed by atoms with Crippen LogP contribution in [0.1, 0.15) is 27.2 Å². The molecule has 130 valence electrons. The van der Waals surface area contributed by atoms with Crippen LogP contribution in [0, 0.1) is 5.82 Å². The summed E-state index contributed by atoms with van der Waals surface area (Å²) in [6, 6.07) is 6.18. The van der Waals surface area contributed by atoms with E-state index in [1.807, 2.05) is 20.8 Å². The Balaban J connectivity index is 2.52. The first kappa shape index (κ1) is 19.2. The Morgan fingerprint density at radius 1 is 1.26 bits per heavy atom. The summed E-state index contributed by atoms with van der Waals surface area (Å²) in [5.41, 5.74) is 0. The van der Waals surface area contributed by atoms with Gasteiger partial charge in [0, 0.05) is 25.8 Å². The number of rotatable bonds is 10. The number of nitrogens with one attached hydrogen (secondary N) is 2. The van der Waals surface area contributed by atoms with Gasteiger partial charge in [0.2, 0.25) is 0 Å². The molecule has 0 saturated carbocycles. The largest absolute Gasteiger partial charge is 0.488 e. The first-order valence-electron chi connectivity index (χ1n) is 8.21. The molecule has 0 amide bonds. The molecule has 2 N–H and O–H groups in total. The van der Waals surface area contributed by atoms with Gasteiger partial charge in [0.15, 0.2) is 5.96 Å². The fraction of sp³-hybridized carbons (Fsp3) is 0.588. The number of aliphatic imine (C=N–C) groups is 1. The summed E-state index contributed by atoms with van der Waals surface area (Å²) >= 11 is 0. The molecule has 0 heterocycles. The first-order chi connectivity index (χ1) is 11.2. The number of guanidine groups is 1. The molecule has 0 aliphatic carbocycles. The Kier molecular flexibility index (Phi) is 9.79. The van der Waals surface area contributed by atoms with E-state index in [9.17, 15) is 4.39 Å². The lowest BCUT2D eigenvalue weighted by Crippen LogP contribution is -2.39. The number of hydrogen-bond acceptors (Lipinski definition) is 3. The molecule has 0 bridgehead atoms. The van der Waals surface area contributed by atoms with Crippen LogP contribution in [0.25, 0.3) is 0 Å². The number of nitrogens with zero attached hydrogens (tertiary/aromatic N) is 1. The van der Waals surface area contributed by atoms with E-state index >= 15 is 0 Å². The summed E-state index contributed by atoms with van der Waals surface area (Å²) in [7, 11) is 0. The molecule has 1 aromatic rings. The Hall–Kier alpha value is -1.82. The topological polar surface area (TPSA) is 54.9 Å². The predicted octanol–water partition coefficient (Wildman–Crippen LogP) is 2.57. The van der Waals surface area contributed by atoms with Crippen LogP contribution in [0.15, 0.2) is 29.3 Å². The highest BCUT2D eigenvalue weighted by molar-refractivity contribution is 5.79. The van der Waals surface area contributed by atoms with Gasteiger partial charge in [-0.25, -0.2) is 9.38 Å². The van der Waals surface area contributed by atoms with E-state index in [-0.39, 0.29) is 11.9 Å². The van der Waals surface area contributed by atoms with Gasteiger partial charge in [0.05, 0.1) is 13.2 Å². The van der Waals surface area contributed by atoms with E-state index in [1.165, 1.54) is 12.1 Å². The zero-order chi connectivity index (χ0) is 16.9. The lowest BCUT2D eigenvalue weighted by atomic mass is 10.2. The zero-order valence-corrected chi connectivity index (χ0v) is 14.3. The van der Waals surface area contributed by atoms with Crippen molar-refractivity contribution in [3.63, 3.8) is 0 Å². The highest BCUT2D eigenvalue weighted by Gasteiger charge is 2.09. The minimum absolute atomic E-state index is 0.0980. The molecule has 5 nitrogen and oxygen atoms in total. The third-order valence-corrected chi connectivity index (χ3v) is 3.09. The Labute approximate surface area is 138 Å². The summed E-state index contributed by atoms with van der Waals surface area (Å²) < 4.78 is 24.3. The first-order valence-corrected chi connectivity index (χ1v) is 8.21. The van der Waals surface area contributed by atoms with Crippen molar-refractivity contribution in [2.75, 3.05) is 32.8 Å². The average molecular weight is 325 g/mol. The maximum Gasteiger partial charge on any atom is 0.191 e. The fourth-order valence-corrected chi connectivity index (χ4v) is 1.90. The maximum atomic E-state index is 13.2. The summed E-state index contributed by atoms with van der Waals surface area (Å²) in [5, 5.41) is 6.39. The van der Waals surface area contributed by atoms with E-state index < -0.39 is 0 Å². The molecule has 1 rings (SSSR count). The minimum atomic E-state index is -0.299. The lowest BCUT2D eigenvalue weighted by molar-refractivity contribution is 0.152. The van der Waals surface area contributed by atoms with Crippen molar-refractivity contribution >= 4 is 5.96 Å². The molecule has 1 atom stereocenters. The van der Waals surface area contributed by atoms with E-state index in [1.54, 1.807) is 12.1 Å². The number of halogens is 1. The third-order valence-electron chi connectivity index (χ3n) is 3.09. The molecule has 23 heavy (non-hydrogen) atoms. The van der Waals surface area contributed by atoms with Crippen molar-refractivity contribution in [1.82, 2.24) is 10.6 Å². The summed E-state index contributed by atoms with van der Waals surface area (Å²) in [6.07, 6.45) is 0.692. The van der Waals surface area contributed by atoms with Gasteiger partial charge in [-0.2, -0.15) is 0 Å². The van der Waals surface area contributed by atoms with Crippen LogP contribution in [0.4, 0.5) is 4.39 Å². The second-order valence-corrected chi connectivity index (χ2v) is 4.95. The number of hydrogen-bond donors (Lipinski definition) is 2. The Morgan fingerprint density at radius 3 is 2.74 bits per heavy atom. The highest BCUT2D eigenvalue weighted by atomic mass is 19.1. The van der Waals surface area contributed by atoms with Gasteiger partial charge < -0.3 is 20.1 Å². The van der Waals surface area contributed by atoms with E-state index in [0.717, 1.165) is 18.9 Å².